The summed E-state index contributed by atoms with van der Waals surface area (Å²) in [5.41, 5.74) is 2.45. The van der Waals surface area contributed by atoms with Crippen molar-refractivity contribution in [2.45, 2.75) is 25.7 Å². The smallest absolute Gasteiger partial charge is 0.335 e. The first-order valence-electron chi connectivity index (χ1n) is 12.8. The van der Waals surface area contributed by atoms with Gasteiger partial charge in [0.25, 0.3) is 0 Å². The molecule has 3 aromatic carbocycles. The molecule has 1 fully saturated rings. The number of nitrogens with zero attached hydrogens (tertiary/aromatic N) is 1. The lowest BCUT2D eigenvalue weighted by molar-refractivity contribution is 0.0696. The van der Waals surface area contributed by atoms with Crippen LogP contribution in [0, 0.1) is 23.3 Å². The van der Waals surface area contributed by atoms with Crippen LogP contribution >= 0.6 is 0 Å². The molecular formula is C31H26F5NO2. The molecule has 1 heterocycles. The number of benzene rings is 3. The molecule has 0 unspecified atom stereocenters. The Hall–Kier alpha value is -3.78. The van der Waals surface area contributed by atoms with Gasteiger partial charge in [0.15, 0.2) is 0 Å². The average Bonchev–Trinajstić information content (AvgIpc) is 3.04. The van der Waals surface area contributed by atoms with Crippen molar-refractivity contribution in [1.29, 1.82) is 0 Å². The average molecular weight is 540 g/mol. The van der Waals surface area contributed by atoms with Gasteiger partial charge in [0.05, 0.1) is 17.8 Å². The second-order valence-electron chi connectivity index (χ2n) is 9.92. The van der Waals surface area contributed by atoms with Crippen molar-refractivity contribution in [3.63, 3.8) is 0 Å². The molecule has 0 atom stereocenters. The maximum Gasteiger partial charge on any atom is 0.335 e. The lowest BCUT2D eigenvalue weighted by Gasteiger charge is -2.33. The summed E-state index contributed by atoms with van der Waals surface area (Å²) in [7, 11) is 0. The summed E-state index contributed by atoms with van der Waals surface area (Å²) in [6.45, 7) is 1.43. The molecule has 0 aromatic heterocycles. The molecule has 0 saturated carbocycles. The van der Waals surface area contributed by atoms with Crippen LogP contribution in [-0.4, -0.2) is 42.3 Å². The largest absolute Gasteiger partial charge is 0.478 e. The Balaban J connectivity index is 1.64. The van der Waals surface area contributed by atoms with Crippen molar-refractivity contribution in [3.05, 3.63) is 111 Å². The van der Waals surface area contributed by atoms with E-state index in [2.05, 4.69) is 0 Å². The minimum atomic E-state index is -1.13. The van der Waals surface area contributed by atoms with Crippen LogP contribution in [0.25, 0.3) is 17.2 Å². The number of likely N-dealkylation sites (tertiary alicyclic amines) is 1. The topological polar surface area (TPSA) is 40.5 Å². The number of aryl methyl sites for hydroxylation is 1. The Morgan fingerprint density at radius 3 is 2.28 bits per heavy atom. The van der Waals surface area contributed by atoms with E-state index >= 15 is 8.78 Å². The third-order valence-corrected chi connectivity index (χ3v) is 7.20. The third-order valence-electron chi connectivity index (χ3n) is 7.20. The molecule has 0 radical (unpaired) electrons. The van der Waals surface area contributed by atoms with Gasteiger partial charge >= 0.3 is 5.97 Å². The van der Waals surface area contributed by atoms with E-state index in [4.69, 9.17) is 0 Å². The van der Waals surface area contributed by atoms with E-state index in [1.54, 1.807) is 6.08 Å². The molecule has 2 aliphatic rings. The number of aromatic carboxylic acids is 1. The zero-order chi connectivity index (χ0) is 27.7. The number of fused-ring (bicyclic) bond motifs is 1. The summed E-state index contributed by atoms with van der Waals surface area (Å²) in [5.74, 6) is -4.45. The van der Waals surface area contributed by atoms with Gasteiger partial charge in [0.1, 0.15) is 23.3 Å². The fourth-order valence-corrected chi connectivity index (χ4v) is 5.42. The molecule has 5 rings (SSSR count). The van der Waals surface area contributed by atoms with Crippen molar-refractivity contribution in [3.8, 4) is 0 Å². The summed E-state index contributed by atoms with van der Waals surface area (Å²) in [6, 6.07) is 9.85. The first-order valence-corrected chi connectivity index (χ1v) is 12.8. The van der Waals surface area contributed by atoms with Crippen molar-refractivity contribution in [2.75, 3.05) is 26.3 Å². The number of rotatable bonds is 7. The highest BCUT2D eigenvalue weighted by molar-refractivity contribution is 6.01. The molecule has 1 aliphatic heterocycles. The van der Waals surface area contributed by atoms with Crippen molar-refractivity contribution in [2.24, 2.45) is 0 Å². The predicted octanol–water partition coefficient (Wildman–Crippen LogP) is 7.30. The number of carbonyl (C=O) groups is 1. The van der Waals surface area contributed by atoms with E-state index in [0.29, 0.717) is 61.2 Å². The van der Waals surface area contributed by atoms with Crippen molar-refractivity contribution in [1.82, 2.24) is 4.90 Å². The monoisotopic (exact) mass is 539 g/mol. The molecular weight excluding hydrogens is 513 g/mol. The van der Waals surface area contributed by atoms with Crippen LogP contribution in [0.1, 0.15) is 57.4 Å². The van der Waals surface area contributed by atoms with E-state index in [1.807, 2.05) is 4.90 Å². The fourth-order valence-electron chi connectivity index (χ4n) is 5.42. The summed E-state index contributed by atoms with van der Waals surface area (Å²) in [5, 5.41) is 9.46. The Morgan fingerprint density at radius 2 is 1.62 bits per heavy atom. The Bertz CT molecular complexity index is 1480. The number of carboxylic acids is 1. The maximum absolute atomic E-state index is 15.8. The molecule has 8 heteroatoms. The minimum Gasteiger partial charge on any atom is -0.478 e. The fraction of sp³-hybridized carbons (Fsp3) is 0.258. The van der Waals surface area contributed by atoms with Gasteiger partial charge in [-0.3, -0.25) is 9.29 Å². The van der Waals surface area contributed by atoms with Crippen LogP contribution in [0.4, 0.5) is 22.0 Å². The maximum atomic E-state index is 15.8. The van der Waals surface area contributed by atoms with Crippen LogP contribution in [-0.2, 0) is 6.42 Å². The molecule has 0 amide bonds. The van der Waals surface area contributed by atoms with Crippen molar-refractivity contribution >= 4 is 23.2 Å². The van der Waals surface area contributed by atoms with E-state index < -0.39 is 35.9 Å². The Morgan fingerprint density at radius 1 is 0.897 bits per heavy atom. The SMILES string of the molecule is O=C(O)c1ccc2c(c1)CCCC(c1ccc(F)cc1F)=C2c1c(F)cc(C=C2CN(CCCF)C2)cc1F. The molecule has 1 saturated heterocycles. The number of alkyl halides is 1. The highest BCUT2D eigenvalue weighted by Gasteiger charge is 2.27. The molecule has 3 nitrogen and oxygen atoms in total. The summed E-state index contributed by atoms with van der Waals surface area (Å²) < 4.78 is 72.7. The standard InChI is InChI=1S/C31H26F5NO2/c32-9-2-10-37-16-19(17-37)11-18-12-27(35)30(28(36)13-18)29-23-7-5-21(31(38)39)14-20(23)3-1-4-25(29)24-8-6-22(33)15-26(24)34/h5-8,11-15H,1-4,9-10,16-17H2,(H,38,39). The minimum absolute atomic E-state index is 0.0356. The van der Waals surface area contributed by atoms with Crippen LogP contribution in [0.3, 0.4) is 0 Å². The molecule has 202 valence electrons. The second kappa shape index (κ2) is 11.1. The van der Waals surface area contributed by atoms with Gasteiger partial charge in [-0.2, -0.15) is 0 Å². The number of hydrogen-bond donors (Lipinski definition) is 1. The molecule has 0 spiro atoms. The van der Waals surface area contributed by atoms with Crippen LogP contribution in [0.5, 0.6) is 0 Å². The highest BCUT2D eigenvalue weighted by Crippen LogP contribution is 2.43. The predicted molar refractivity (Wildman–Crippen MR) is 140 cm³/mol. The first-order chi connectivity index (χ1) is 18.7. The highest BCUT2D eigenvalue weighted by atomic mass is 19.1. The zero-order valence-corrected chi connectivity index (χ0v) is 21.0. The molecule has 1 aliphatic carbocycles. The van der Waals surface area contributed by atoms with Gasteiger partial charge in [0, 0.05) is 31.3 Å². The summed E-state index contributed by atoms with van der Waals surface area (Å²) in [4.78, 5) is 13.6. The quantitative estimate of drug-likeness (QED) is 0.321. The lowest BCUT2D eigenvalue weighted by atomic mass is 9.86. The van der Waals surface area contributed by atoms with Crippen LogP contribution in [0.15, 0.2) is 54.1 Å². The zero-order valence-electron chi connectivity index (χ0n) is 21.0. The Labute approximate surface area is 222 Å². The van der Waals surface area contributed by atoms with Crippen molar-refractivity contribution < 1.29 is 31.9 Å². The third kappa shape index (κ3) is 5.52. The van der Waals surface area contributed by atoms with Crippen LogP contribution in [0.2, 0.25) is 0 Å². The van der Waals surface area contributed by atoms with E-state index in [-0.39, 0.29) is 28.7 Å². The van der Waals surface area contributed by atoms with E-state index in [0.717, 1.165) is 17.7 Å². The normalized spacial score (nSPS) is 15.6. The van der Waals surface area contributed by atoms with E-state index in [9.17, 15) is 23.1 Å². The van der Waals surface area contributed by atoms with Crippen LogP contribution < -0.4 is 0 Å². The number of allylic oxidation sites excluding steroid dienone is 1. The second-order valence-corrected chi connectivity index (χ2v) is 9.92. The number of carboxylic acid groups (broad SMARTS) is 1. The van der Waals surface area contributed by atoms with Gasteiger partial charge in [-0.1, -0.05) is 12.1 Å². The van der Waals surface area contributed by atoms with Gasteiger partial charge in [-0.05, 0) is 95.5 Å². The number of halogens is 5. The lowest BCUT2D eigenvalue weighted by Crippen LogP contribution is -2.40. The number of hydrogen-bond acceptors (Lipinski definition) is 2. The molecule has 1 N–H and O–H groups in total. The molecule has 39 heavy (non-hydrogen) atoms. The van der Waals surface area contributed by atoms with E-state index in [1.165, 1.54) is 36.4 Å². The summed E-state index contributed by atoms with van der Waals surface area (Å²) in [6.07, 6.45) is 3.27. The van der Waals surface area contributed by atoms with Gasteiger partial charge < -0.3 is 5.11 Å². The summed E-state index contributed by atoms with van der Waals surface area (Å²) >= 11 is 0. The van der Waals surface area contributed by atoms with Gasteiger partial charge in [0.2, 0.25) is 0 Å². The molecule has 3 aromatic rings. The molecule has 0 bridgehead atoms. The Kier molecular flexibility index (Phi) is 7.66. The first kappa shape index (κ1) is 26.8. The van der Waals surface area contributed by atoms with Gasteiger partial charge in [-0.15, -0.1) is 0 Å². The van der Waals surface area contributed by atoms with Gasteiger partial charge in [-0.25, -0.2) is 22.4 Å².